The zero-order valence-electron chi connectivity index (χ0n) is 27.9. The average Bonchev–Trinajstić information content (AvgIpc) is 3.37. The molecule has 0 radical (unpaired) electrons. The van der Waals surface area contributed by atoms with Crippen LogP contribution in [0.2, 0.25) is 0 Å². The van der Waals surface area contributed by atoms with E-state index in [0.717, 1.165) is 47.9 Å². The molecule has 12 heteroatoms. The van der Waals surface area contributed by atoms with Crippen molar-refractivity contribution in [2.75, 3.05) is 38.7 Å². The molecule has 0 saturated heterocycles. The lowest BCUT2D eigenvalue weighted by Gasteiger charge is -2.26. The van der Waals surface area contributed by atoms with Crippen molar-refractivity contribution in [3.63, 3.8) is 0 Å². The van der Waals surface area contributed by atoms with E-state index in [9.17, 15) is 18.3 Å². The van der Waals surface area contributed by atoms with Crippen LogP contribution in [0.25, 0.3) is 16.9 Å². The van der Waals surface area contributed by atoms with E-state index in [1.807, 2.05) is 49.2 Å². The first-order valence-electron chi connectivity index (χ1n) is 16.2. The minimum atomic E-state index is -4.03. The van der Waals surface area contributed by atoms with Gasteiger partial charge in [-0.15, -0.1) is 5.10 Å². The van der Waals surface area contributed by atoms with Gasteiger partial charge in [0.1, 0.15) is 11.6 Å². The minimum absolute atomic E-state index is 0.00999. The van der Waals surface area contributed by atoms with E-state index in [2.05, 4.69) is 18.8 Å². The van der Waals surface area contributed by atoms with E-state index in [1.54, 1.807) is 17.5 Å². The molecule has 0 amide bonds. The largest absolute Gasteiger partial charge is 0.493 e. The highest BCUT2D eigenvalue weighted by Crippen LogP contribution is 2.32. The zero-order valence-corrected chi connectivity index (χ0v) is 28.7. The molecule has 0 aliphatic carbocycles. The van der Waals surface area contributed by atoms with Crippen LogP contribution in [0.15, 0.2) is 58.2 Å². The number of hydrogen-bond donors (Lipinski definition) is 2. The number of aryl methyl sites for hydroxylation is 1. The van der Waals surface area contributed by atoms with E-state index >= 15 is 0 Å². The highest BCUT2D eigenvalue weighted by Gasteiger charge is 2.27. The molecular weight excluding hydrogens is 604 g/mol. The number of para-hydroxylation sites is 1. The van der Waals surface area contributed by atoms with Gasteiger partial charge in [0.15, 0.2) is 11.3 Å². The molecule has 0 aliphatic heterocycles. The number of aromatic nitrogens is 4. The Morgan fingerprint density at radius 1 is 1.02 bits per heavy atom. The van der Waals surface area contributed by atoms with Crippen LogP contribution in [0.5, 0.6) is 5.75 Å². The number of nitrogens with one attached hydrogen (secondary N) is 1. The molecule has 0 bridgehead atoms. The molecule has 0 aliphatic rings. The summed E-state index contributed by atoms with van der Waals surface area (Å²) < 4.78 is 36.1. The highest BCUT2D eigenvalue weighted by molar-refractivity contribution is 7.89. The molecule has 0 fully saturated rings. The second-order valence-corrected chi connectivity index (χ2v) is 13.9. The standard InChI is InChI=1S/C34H48N6O5S/c1-7-10-11-13-16-25(8-2)33-35-24(4)31-34(42)36-32(37-40(31)33)29-21-28(19-20-30(29)45-9-3)46(43,44)39(6)23-27(41)22-38(5)26-17-14-12-15-18-26/h12,14-15,17-21,25,27,41H,7-11,13,16,22-23H2,1-6H3,(H,36,37,42). The Balaban J connectivity index is 1.67. The molecule has 4 aromatic rings. The highest BCUT2D eigenvalue weighted by atomic mass is 32.2. The van der Waals surface area contributed by atoms with E-state index in [0.29, 0.717) is 29.1 Å². The van der Waals surface area contributed by atoms with E-state index < -0.39 is 16.1 Å². The van der Waals surface area contributed by atoms with Gasteiger partial charge in [-0.05, 0) is 57.0 Å². The number of unbranched alkanes of at least 4 members (excludes halogenated alkanes) is 3. The van der Waals surface area contributed by atoms with Gasteiger partial charge >= 0.3 is 0 Å². The molecule has 2 N–H and O–H groups in total. The van der Waals surface area contributed by atoms with Crippen LogP contribution in [-0.2, 0) is 10.0 Å². The van der Waals surface area contributed by atoms with Crippen molar-refractivity contribution in [2.24, 2.45) is 0 Å². The lowest BCUT2D eigenvalue weighted by atomic mass is 9.97. The molecule has 46 heavy (non-hydrogen) atoms. The van der Waals surface area contributed by atoms with Gasteiger partial charge < -0.3 is 19.7 Å². The Kier molecular flexibility index (Phi) is 12.0. The molecule has 0 saturated carbocycles. The third kappa shape index (κ3) is 7.97. The summed E-state index contributed by atoms with van der Waals surface area (Å²) >= 11 is 0. The summed E-state index contributed by atoms with van der Waals surface area (Å²) in [4.78, 5) is 22.9. The SMILES string of the molecule is CCCCCCC(CC)c1nc(C)c2c(=O)[nH]c(-c3cc(S(=O)(=O)N(C)CC(O)CN(C)c4ccccc4)ccc3OCC)nn12. The first-order chi connectivity index (χ1) is 22.0. The van der Waals surface area contributed by atoms with Crippen LogP contribution in [-0.4, -0.2) is 77.3 Å². The monoisotopic (exact) mass is 652 g/mol. The number of nitrogens with zero attached hydrogens (tertiary/aromatic N) is 5. The van der Waals surface area contributed by atoms with Gasteiger partial charge in [0.25, 0.3) is 5.56 Å². The van der Waals surface area contributed by atoms with E-state index in [1.165, 1.54) is 25.6 Å². The van der Waals surface area contributed by atoms with Crippen molar-refractivity contribution in [3.8, 4) is 17.1 Å². The quantitative estimate of drug-likeness (QED) is 0.146. The smallest absolute Gasteiger partial charge is 0.277 e. The summed E-state index contributed by atoms with van der Waals surface area (Å²) in [5, 5.41) is 15.6. The first kappa shape index (κ1) is 35.1. The fourth-order valence-corrected chi connectivity index (χ4v) is 7.02. The van der Waals surface area contributed by atoms with Crippen LogP contribution < -0.4 is 15.2 Å². The lowest BCUT2D eigenvalue weighted by Crippen LogP contribution is -2.40. The minimum Gasteiger partial charge on any atom is -0.493 e. The molecule has 2 aromatic carbocycles. The maximum absolute atomic E-state index is 13.7. The van der Waals surface area contributed by atoms with Gasteiger partial charge in [-0.1, -0.05) is 57.7 Å². The number of hydrogen-bond acceptors (Lipinski definition) is 8. The fraction of sp³-hybridized carbons (Fsp3) is 0.500. The van der Waals surface area contributed by atoms with Gasteiger partial charge in [0.2, 0.25) is 10.0 Å². The second kappa shape index (κ2) is 15.7. The zero-order chi connectivity index (χ0) is 33.4. The van der Waals surface area contributed by atoms with Crippen LogP contribution in [0.1, 0.15) is 76.7 Å². The molecule has 2 unspecified atom stereocenters. The Hall–Kier alpha value is -3.74. The number of aliphatic hydroxyl groups excluding tert-OH is 1. The number of aliphatic hydroxyl groups is 1. The summed E-state index contributed by atoms with van der Waals surface area (Å²) in [5.74, 6) is 1.43. The van der Waals surface area contributed by atoms with Gasteiger partial charge in [-0.25, -0.2) is 17.9 Å². The maximum atomic E-state index is 13.7. The second-order valence-electron chi connectivity index (χ2n) is 11.8. The molecule has 2 aromatic heterocycles. The Bertz CT molecular complexity index is 1760. The summed E-state index contributed by atoms with van der Waals surface area (Å²) in [6.45, 7) is 8.40. The molecule has 2 heterocycles. The summed E-state index contributed by atoms with van der Waals surface area (Å²) in [6.07, 6.45) is 5.39. The van der Waals surface area contributed by atoms with Gasteiger partial charge in [0.05, 0.1) is 28.9 Å². The Morgan fingerprint density at radius 3 is 2.43 bits per heavy atom. The van der Waals surface area contributed by atoms with Crippen LogP contribution in [0.3, 0.4) is 0 Å². The summed E-state index contributed by atoms with van der Waals surface area (Å²) in [7, 11) is -0.740. The number of H-pyrrole nitrogens is 1. The fourth-order valence-electron chi connectivity index (χ4n) is 5.78. The number of likely N-dealkylation sites (N-methyl/N-ethyl adjacent to an activating group) is 2. The number of aromatic amines is 1. The van der Waals surface area contributed by atoms with Crippen LogP contribution >= 0.6 is 0 Å². The molecule has 250 valence electrons. The first-order valence-corrected chi connectivity index (χ1v) is 17.6. The van der Waals surface area contributed by atoms with Gasteiger partial charge in [0, 0.05) is 38.8 Å². The van der Waals surface area contributed by atoms with Crippen molar-refractivity contribution in [3.05, 3.63) is 70.4 Å². The van der Waals surface area contributed by atoms with Gasteiger partial charge in [-0.2, -0.15) is 4.31 Å². The predicted molar refractivity (Wildman–Crippen MR) is 182 cm³/mol. The number of anilines is 1. The molecule has 4 rings (SSSR count). The Labute approximate surface area is 272 Å². The Morgan fingerprint density at radius 2 is 1.76 bits per heavy atom. The average molecular weight is 653 g/mol. The predicted octanol–water partition coefficient (Wildman–Crippen LogP) is 5.37. The molecular formula is C34H48N6O5S. The molecule has 0 spiro atoms. The lowest BCUT2D eigenvalue weighted by molar-refractivity contribution is 0.159. The number of ether oxygens (including phenoxy) is 1. The maximum Gasteiger partial charge on any atom is 0.277 e. The summed E-state index contributed by atoms with van der Waals surface area (Å²) in [5.41, 5.74) is 1.87. The topological polar surface area (TPSA) is 133 Å². The van der Waals surface area contributed by atoms with Crippen molar-refractivity contribution in [2.45, 2.75) is 83.1 Å². The van der Waals surface area contributed by atoms with Crippen molar-refractivity contribution in [1.82, 2.24) is 23.9 Å². The summed E-state index contributed by atoms with van der Waals surface area (Å²) in [6, 6.07) is 14.1. The third-order valence-corrected chi connectivity index (χ3v) is 10.1. The van der Waals surface area contributed by atoms with Gasteiger partial charge in [-0.3, -0.25) is 4.79 Å². The third-order valence-electron chi connectivity index (χ3n) is 8.33. The van der Waals surface area contributed by atoms with Crippen molar-refractivity contribution in [1.29, 1.82) is 0 Å². The van der Waals surface area contributed by atoms with E-state index in [4.69, 9.17) is 14.8 Å². The number of sulfonamides is 1. The van der Waals surface area contributed by atoms with Crippen LogP contribution in [0.4, 0.5) is 5.69 Å². The van der Waals surface area contributed by atoms with Crippen LogP contribution in [0, 0.1) is 6.92 Å². The number of benzene rings is 2. The number of fused-ring (bicyclic) bond motifs is 1. The molecule has 11 nitrogen and oxygen atoms in total. The van der Waals surface area contributed by atoms with Crippen molar-refractivity contribution >= 4 is 21.2 Å². The van der Waals surface area contributed by atoms with Crippen molar-refractivity contribution < 1.29 is 18.3 Å². The molecule has 2 atom stereocenters. The van der Waals surface area contributed by atoms with E-state index in [-0.39, 0.29) is 35.3 Å². The number of rotatable bonds is 17. The normalized spacial score (nSPS) is 13.3. The number of imidazole rings is 1.